The molecule has 1 saturated heterocycles. The molecule has 0 aromatic carbocycles. The summed E-state index contributed by atoms with van der Waals surface area (Å²) in [5.74, 6) is 2.47. The van der Waals surface area contributed by atoms with E-state index >= 15 is 0 Å². The summed E-state index contributed by atoms with van der Waals surface area (Å²) in [4.78, 5) is 26.4. The molecule has 4 heteroatoms. The van der Waals surface area contributed by atoms with Gasteiger partial charge in [0.05, 0.1) is 6.54 Å². The maximum atomic E-state index is 12.6. The third kappa shape index (κ3) is 1.98. The quantitative estimate of drug-likeness (QED) is 0.743. The predicted molar refractivity (Wildman–Crippen MR) is 68.6 cm³/mol. The first-order valence-electron chi connectivity index (χ1n) is 6.71. The van der Waals surface area contributed by atoms with Crippen LogP contribution in [-0.2, 0) is 9.59 Å². The van der Waals surface area contributed by atoms with Gasteiger partial charge in [-0.05, 0) is 19.3 Å². The third-order valence-corrected chi connectivity index (χ3v) is 4.07. The topological polar surface area (TPSA) is 49.4 Å². The van der Waals surface area contributed by atoms with Crippen LogP contribution in [0.5, 0.6) is 0 Å². The molecule has 1 unspecified atom stereocenters. The van der Waals surface area contributed by atoms with Crippen molar-refractivity contribution < 1.29 is 9.59 Å². The number of nitrogens with zero attached hydrogens (tertiary/aromatic N) is 1. The molecule has 98 valence electrons. The Morgan fingerprint density at radius 3 is 2.61 bits per heavy atom. The molecule has 4 nitrogen and oxygen atoms in total. The van der Waals surface area contributed by atoms with Gasteiger partial charge in [-0.3, -0.25) is 9.59 Å². The minimum atomic E-state index is -0.669. The van der Waals surface area contributed by atoms with Crippen LogP contribution in [0.15, 0.2) is 0 Å². The molecule has 1 aliphatic heterocycles. The van der Waals surface area contributed by atoms with E-state index < -0.39 is 11.6 Å². The zero-order valence-electron chi connectivity index (χ0n) is 10.9. The Morgan fingerprint density at radius 1 is 1.39 bits per heavy atom. The first-order chi connectivity index (χ1) is 8.64. The maximum absolute atomic E-state index is 12.6. The molecule has 1 aliphatic carbocycles. The zero-order valence-corrected chi connectivity index (χ0v) is 10.9. The van der Waals surface area contributed by atoms with Crippen molar-refractivity contribution in [3.63, 3.8) is 0 Å². The highest BCUT2D eigenvalue weighted by atomic mass is 16.2. The predicted octanol–water partition coefficient (Wildman–Crippen LogP) is 1.06. The number of carbonyl (C=O) groups excluding carboxylic acids is 2. The highest BCUT2D eigenvalue weighted by Gasteiger charge is 2.50. The Morgan fingerprint density at radius 2 is 2.06 bits per heavy atom. The first kappa shape index (κ1) is 12.9. The fraction of sp³-hybridized carbons (Fsp3) is 0.714. The van der Waals surface area contributed by atoms with Crippen LogP contribution >= 0.6 is 0 Å². The molecule has 1 spiro atoms. The molecule has 1 saturated carbocycles. The summed E-state index contributed by atoms with van der Waals surface area (Å²) >= 11 is 0. The van der Waals surface area contributed by atoms with Gasteiger partial charge in [-0.2, -0.15) is 0 Å². The Balaban J connectivity index is 2.28. The normalized spacial score (nSPS) is 26.9. The summed E-state index contributed by atoms with van der Waals surface area (Å²) in [6.45, 7) is 2.13. The smallest absolute Gasteiger partial charge is 0.249 e. The molecule has 1 N–H and O–H groups in total. The van der Waals surface area contributed by atoms with E-state index in [4.69, 9.17) is 6.42 Å². The van der Waals surface area contributed by atoms with Crippen molar-refractivity contribution in [2.75, 3.05) is 6.54 Å². The van der Waals surface area contributed by atoms with Gasteiger partial charge in [0, 0.05) is 0 Å². The van der Waals surface area contributed by atoms with E-state index in [-0.39, 0.29) is 18.4 Å². The van der Waals surface area contributed by atoms with Crippen LogP contribution in [0.1, 0.15) is 45.4 Å². The minimum Gasteiger partial charge on any atom is -0.340 e. The maximum Gasteiger partial charge on any atom is 0.249 e. The summed E-state index contributed by atoms with van der Waals surface area (Å²) in [6, 6.07) is -0.402. The molecule has 0 bridgehead atoms. The molecular formula is C14H20N2O2. The van der Waals surface area contributed by atoms with Crippen LogP contribution in [0.25, 0.3) is 0 Å². The number of hydrogen-bond donors (Lipinski definition) is 1. The standard InChI is InChI=1S/C14H20N2O2/c1-3-10-16-11(4-2)12(17)15-14(13(16)18)8-6-5-7-9-14/h1,11H,4-10H2,2H3,(H,15,17). The Hall–Kier alpha value is -1.50. The first-order valence-corrected chi connectivity index (χ1v) is 6.71. The van der Waals surface area contributed by atoms with Crippen molar-refractivity contribution >= 4 is 11.8 Å². The Labute approximate surface area is 108 Å². The lowest BCUT2D eigenvalue weighted by molar-refractivity contribution is -0.156. The molecule has 2 fully saturated rings. The van der Waals surface area contributed by atoms with Gasteiger partial charge in [0.25, 0.3) is 0 Å². The van der Waals surface area contributed by atoms with Gasteiger partial charge in [-0.25, -0.2) is 0 Å². The largest absolute Gasteiger partial charge is 0.340 e. The van der Waals surface area contributed by atoms with Crippen LogP contribution in [0.2, 0.25) is 0 Å². The van der Waals surface area contributed by atoms with E-state index in [1.165, 1.54) is 0 Å². The van der Waals surface area contributed by atoms with Crippen molar-refractivity contribution in [1.82, 2.24) is 10.2 Å². The highest BCUT2D eigenvalue weighted by molar-refractivity contribution is 6.00. The summed E-state index contributed by atoms with van der Waals surface area (Å²) in [5, 5.41) is 2.97. The monoisotopic (exact) mass is 248 g/mol. The van der Waals surface area contributed by atoms with Crippen LogP contribution < -0.4 is 5.32 Å². The Kier molecular flexibility index (Phi) is 3.60. The van der Waals surface area contributed by atoms with Gasteiger partial charge >= 0.3 is 0 Å². The Bertz CT molecular complexity index is 391. The van der Waals surface area contributed by atoms with Crippen molar-refractivity contribution in [2.24, 2.45) is 0 Å². The van der Waals surface area contributed by atoms with E-state index in [0.29, 0.717) is 6.42 Å². The summed E-state index contributed by atoms with van der Waals surface area (Å²) in [5.41, 5.74) is -0.669. The third-order valence-electron chi connectivity index (χ3n) is 4.07. The van der Waals surface area contributed by atoms with Crippen LogP contribution in [0.3, 0.4) is 0 Å². The van der Waals surface area contributed by atoms with Crippen molar-refractivity contribution in [1.29, 1.82) is 0 Å². The van der Waals surface area contributed by atoms with Gasteiger partial charge in [0.15, 0.2) is 0 Å². The van der Waals surface area contributed by atoms with Crippen molar-refractivity contribution in [2.45, 2.75) is 57.0 Å². The minimum absolute atomic E-state index is 0.0200. The molecule has 2 aliphatic rings. The molecule has 1 heterocycles. The SMILES string of the molecule is C#CCN1C(=O)C2(CCCCC2)NC(=O)C1CC. The molecule has 18 heavy (non-hydrogen) atoms. The van der Waals surface area contributed by atoms with E-state index in [1.807, 2.05) is 6.92 Å². The zero-order chi connectivity index (χ0) is 13.2. The van der Waals surface area contributed by atoms with E-state index in [1.54, 1.807) is 4.90 Å². The number of hydrogen-bond acceptors (Lipinski definition) is 2. The van der Waals surface area contributed by atoms with Crippen molar-refractivity contribution in [3.05, 3.63) is 0 Å². The molecule has 0 aromatic heterocycles. The summed E-state index contributed by atoms with van der Waals surface area (Å²) in [7, 11) is 0. The lowest BCUT2D eigenvalue weighted by Gasteiger charge is -2.47. The molecular weight excluding hydrogens is 228 g/mol. The van der Waals surface area contributed by atoms with Crippen LogP contribution in [0.4, 0.5) is 0 Å². The van der Waals surface area contributed by atoms with Crippen LogP contribution in [-0.4, -0.2) is 34.8 Å². The lowest BCUT2D eigenvalue weighted by Crippen LogP contribution is -2.70. The van der Waals surface area contributed by atoms with Crippen molar-refractivity contribution in [3.8, 4) is 12.3 Å². The highest BCUT2D eigenvalue weighted by Crippen LogP contribution is 2.33. The van der Waals surface area contributed by atoms with Gasteiger partial charge in [0.1, 0.15) is 11.6 Å². The van der Waals surface area contributed by atoms with Gasteiger partial charge in [0.2, 0.25) is 11.8 Å². The average molecular weight is 248 g/mol. The van der Waals surface area contributed by atoms with Gasteiger partial charge in [-0.1, -0.05) is 32.1 Å². The number of terminal acetylenes is 1. The average Bonchev–Trinajstić information content (AvgIpc) is 2.37. The van der Waals surface area contributed by atoms with Gasteiger partial charge < -0.3 is 10.2 Å². The lowest BCUT2D eigenvalue weighted by atomic mass is 9.78. The summed E-state index contributed by atoms with van der Waals surface area (Å²) < 4.78 is 0. The molecule has 1 atom stereocenters. The fourth-order valence-corrected chi connectivity index (χ4v) is 3.11. The molecule has 2 rings (SSSR count). The number of amides is 2. The second kappa shape index (κ2) is 5.01. The molecule has 0 radical (unpaired) electrons. The second-order valence-electron chi connectivity index (χ2n) is 5.19. The van der Waals surface area contributed by atoms with E-state index in [9.17, 15) is 9.59 Å². The summed E-state index contributed by atoms with van der Waals surface area (Å²) in [6.07, 6.45) is 10.5. The number of carbonyl (C=O) groups is 2. The number of rotatable bonds is 2. The van der Waals surface area contributed by atoms with Gasteiger partial charge in [-0.15, -0.1) is 6.42 Å². The fourth-order valence-electron chi connectivity index (χ4n) is 3.11. The van der Waals surface area contributed by atoms with E-state index in [0.717, 1.165) is 32.1 Å². The second-order valence-corrected chi connectivity index (χ2v) is 5.19. The number of nitrogens with one attached hydrogen (secondary N) is 1. The van der Waals surface area contributed by atoms with E-state index in [2.05, 4.69) is 11.2 Å². The van der Waals surface area contributed by atoms with Crippen LogP contribution in [0, 0.1) is 12.3 Å². The molecule has 2 amide bonds. The molecule has 0 aromatic rings. The number of piperazine rings is 1.